The van der Waals surface area contributed by atoms with Crippen molar-refractivity contribution in [3.63, 3.8) is 0 Å². The molecular weight excluding hydrogens is 247 g/mol. The van der Waals surface area contributed by atoms with Gasteiger partial charge in [-0.1, -0.05) is 11.2 Å². The number of anilines is 1. The van der Waals surface area contributed by atoms with E-state index in [1.807, 2.05) is 0 Å². The fourth-order valence-corrected chi connectivity index (χ4v) is 1.58. The molecular formula is C11H14F3N3O. The molecule has 1 aromatic rings. The van der Waals surface area contributed by atoms with Crippen molar-refractivity contribution < 1.29 is 18.4 Å². The van der Waals surface area contributed by atoms with Crippen LogP contribution in [0.25, 0.3) is 0 Å². The molecule has 0 atom stereocenters. The molecule has 0 heterocycles. The number of halogens is 3. The standard InChI is InChI=1S/C11H14F3N3O/c1-7-3-4-8(10(15)16-18)9(5-7)17(2)6-11(12,13)14/h3-5,18H,6H2,1-2H3,(H2,15,16). The number of aryl methyl sites for hydroxylation is 1. The number of alkyl halides is 3. The molecule has 0 unspecified atom stereocenters. The van der Waals surface area contributed by atoms with E-state index in [2.05, 4.69) is 5.16 Å². The Kier molecular flexibility index (Phi) is 4.05. The quantitative estimate of drug-likeness (QED) is 0.379. The van der Waals surface area contributed by atoms with Gasteiger partial charge in [0.05, 0.1) is 0 Å². The number of amidine groups is 1. The Morgan fingerprint density at radius 1 is 1.44 bits per heavy atom. The molecule has 0 saturated carbocycles. The van der Waals surface area contributed by atoms with Gasteiger partial charge in [0.1, 0.15) is 6.54 Å². The summed E-state index contributed by atoms with van der Waals surface area (Å²) >= 11 is 0. The maximum atomic E-state index is 12.4. The predicted octanol–water partition coefficient (Wildman–Crippen LogP) is 2.09. The molecule has 0 aliphatic carbocycles. The first kappa shape index (κ1) is 14.1. The van der Waals surface area contributed by atoms with Crippen LogP contribution in [0.5, 0.6) is 0 Å². The first-order valence-corrected chi connectivity index (χ1v) is 5.11. The highest BCUT2D eigenvalue weighted by Crippen LogP contribution is 2.25. The zero-order valence-corrected chi connectivity index (χ0v) is 9.99. The Labute approximate surface area is 102 Å². The van der Waals surface area contributed by atoms with Gasteiger partial charge in [0.25, 0.3) is 0 Å². The van der Waals surface area contributed by atoms with E-state index in [0.717, 1.165) is 10.5 Å². The monoisotopic (exact) mass is 261 g/mol. The molecule has 0 saturated heterocycles. The minimum Gasteiger partial charge on any atom is -0.409 e. The lowest BCUT2D eigenvalue weighted by Crippen LogP contribution is -2.32. The molecule has 3 N–H and O–H groups in total. The number of nitrogens with zero attached hydrogens (tertiary/aromatic N) is 2. The summed E-state index contributed by atoms with van der Waals surface area (Å²) in [6.07, 6.45) is -4.32. The van der Waals surface area contributed by atoms with Gasteiger partial charge in [-0.15, -0.1) is 0 Å². The van der Waals surface area contributed by atoms with Crippen molar-refractivity contribution in [2.75, 3.05) is 18.5 Å². The summed E-state index contributed by atoms with van der Waals surface area (Å²) in [4.78, 5) is 1.01. The van der Waals surface area contributed by atoms with E-state index < -0.39 is 12.7 Å². The lowest BCUT2D eigenvalue weighted by atomic mass is 10.1. The molecule has 4 nitrogen and oxygen atoms in total. The summed E-state index contributed by atoms with van der Waals surface area (Å²) in [5, 5.41) is 11.4. The van der Waals surface area contributed by atoms with E-state index in [4.69, 9.17) is 10.9 Å². The van der Waals surface area contributed by atoms with Crippen LogP contribution in [0.1, 0.15) is 11.1 Å². The minimum absolute atomic E-state index is 0.223. The number of oxime groups is 1. The van der Waals surface area contributed by atoms with Crippen LogP contribution in [0, 0.1) is 6.92 Å². The molecule has 7 heteroatoms. The highest BCUT2D eigenvalue weighted by Gasteiger charge is 2.30. The second-order valence-electron chi connectivity index (χ2n) is 3.98. The zero-order valence-electron chi connectivity index (χ0n) is 9.99. The van der Waals surface area contributed by atoms with Gasteiger partial charge in [-0.05, 0) is 24.6 Å². The third-order valence-electron chi connectivity index (χ3n) is 2.36. The summed E-state index contributed by atoms with van der Waals surface area (Å²) in [7, 11) is 1.30. The van der Waals surface area contributed by atoms with Crippen molar-refractivity contribution in [3.8, 4) is 0 Å². The second kappa shape index (κ2) is 5.16. The number of nitrogens with two attached hydrogens (primary N) is 1. The van der Waals surface area contributed by atoms with Crippen LogP contribution >= 0.6 is 0 Å². The maximum absolute atomic E-state index is 12.4. The average molecular weight is 261 g/mol. The number of rotatable bonds is 3. The van der Waals surface area contributed by atoms with Crippen molar-refractivity contribution in [2.45, 2.75) is 13.1 Å². The molecule has 0 spiro atoms. The topological polar surface area (TPSA) is 61.9 Å². The summed E-state index contributed by atoms with van der Waals surface area (Å²) in [5.41, 5.74) is 6.75. The van der Waals surface area contributed by atoms with Crippen molar-refractivity contribution in [2.24, 2.45) is 10.9 Å². The third-order valence-corrected chi connectivity index (χ3v) is 2.36. The molecule has 0 radical (unpaired) electrons. The van der Waals surface area contributed by atoms with E-state index in [0.29, 0.717) is 0 Å². The van der Waals surface area contributed by atoms with Crippen LogP contribution in [-0.4, -0.2) is 30.8 Å². The first-order valence-electron chi connectivity index (χ1n) is 5.11. The van der Waals surface area contributed by atoms with Gasteiger partial charge in [-0.25, -0.2) is 0 Å². The number of hydrogen-bond donors (Lipinski definition) is 2. The second-order valence-corrected chi connectivity index (χ2v) is 3.98. The molecule has 0 amide bonds. The Morgan fingerprint density at radius 2 is 2.06 bits per heavy atom. The van der Waals surface area contributed by atoms with Crippen LogP contribution in [-0.2, 0) is 0 Å². The predicted molar refractivity (Wildman–Crippen MR) is 63.0 cm³/mol. The van der Waals surface area contributed by atoms with E-state index in [9.17, 15) is 13.2 Å². The van der Waals surface area contributed by atoms with Crippen LogP contribution < -0.4 is 10.6 Å². The number of benzene rings is 1. The Bertz CT molecular complexity index is 457. The SMILES string of the molecule is Cc1ccc(/C(N)=N/O)c(N(C)CC(F)(F)F)c1. The zero-order chi connectivity index (χ0) is 13.9. The van der Waals surface area contributed by atoms with Gasteiger partial charge in [0.15, 0.2) is 5.84 Å². The molecule has 0 aliphatic rings. The smallest absolute Gasteiger partial charge is 0.405 e. The Balaban J connectivity index is 3.17. The number of hydrogen-bond acceptors (Lipinski definition) is 3. The molecule has 0 bridgehead atoms. The van der Waals surface area contributed by atoms with Gasteiger partial charge < -0.3 is 15.8 Å². The molecule has 0 aromatic heterocycles. The summed E-state index contributed by atoms with van der Waals surface area (Å²) in [6, 6.07) is 4.75. The fourth-order valence-electron chi connectivity index (χ4n) is 1.58. The van der Waals surface area contributed by atoms with Crippen LogP contribution in [0.15, 0.2) is 23.4 Å². The van der Waals surface area contributed by atoms with E-state index in [-0.39, 0.29) is 17.1 Å². The van der Waals surface area contributed by atoms with Crippen molar-refractivity contribution in [3.05, 3.63) is 29.3 Å². The molecule has 18 heavy (non-hydrogen) atoms. The first-order chi connectivity index (χ1) is 8.24. The Morgan fingerprint density at radius 3 is 2.56 bits per heavy atom. The summed E-state index contributed by atoms with van der Waals surface area (Å²) < 4.78 is 37.1. The van der Waals surface area contributed by atoms with E-state index in [1.165, 1.54) is 13.1 Å². The van der Waals surface area contributed by atoms with Crippen molar-refractivity contribution >= 4 is 11.5 Å². The van der Waals surface area contributed by atoms with Crippen molar-refractivity contribution in [1.29, 1.82) is 0 Å². The van der Waals surface area contributed by atoms with Gasteiger partial charge in [0.2, 0.25) is 0 Å². The summed E-state index contributed by atoms with van der Waals surface area (Å²) in [6.45, 7) is 0.642. The molecule has 100 valence electrons. The minimum atomic E-state index is -4.32. The normalized spacial score (nSPS) is 12.6. The van der Waals surface area contributed by atoms with Gasteiger partial charge in [0, 0.05) is 18.3 Å². The van der Waals surface area contributed by atoms with Gasteiger partial charge >= 0.3 is 6.18 Å². The highest BCUT2D eigenvalue weighted by atomic mass is 19.4. The fraction of sp³-hybridized carbons (Fsp3) is 0.364. The third kappa shape index (κ3) is 3.54. The molecule has 1 aromatic carbocycles. The molecule has 0 aliphatic heterocycles. The van der Waals surface area contributed by atoms with E-state index >= 15 is 0 Å². The Hall–Kier alpha value is -1.92. The van der Waals surface area contributed by atoms with Crippen LogP contribution in [0.4, 0.5) is 18.9 Å². The van der Waals surface area contributed by atoms with E-state index in [1.54, 1.807) is 19.1 Å². The molecule has 1 rings (SSSR count). The maximum Gasteiger partial charge on any atom is 0.405 e. The lowest BCUT2D eigenvalue weighted by molar-refractivity contribution is -0.119. The van der Waals surface area contributed by atoms with Gasteiger partial charge in [-0.3, -0.25) is 0 Å². The van der Waals surface area contributed by atoms with Crippen LogP contribution in [0.2, 0.25) is 0 Å². The summed E-state index contributed by atoms with van der Waals surface area (Å²) in [5.74, 6) is -0.223. The van der Waals surface area contributed by atoms with Gasteiger partial charge in [-0.2, -0.15) is 13.2 Å². The highest BCUT2D eigenvalue weighted by molar-refractivity contribution is 6.02. The van der Waals surface area contributed by atoms with Crippen molar-refractivity contribution in [1.82, 2.24) is 0 Å². The van der Waals surface area contributed by atoms with Crippen LogP contribution in [0.3, 0.4) is 0 Å². The average Bonchev–Trinajstić information content (AvgIpc) is 2.25. The largest absolute Gasteiger partial charge is 0.409 e. The molecule has 0 fully saturated rings. The lowest BCUT2D eigenvalue weighted by Gasteiger charge is -2.23.